The molecule has 21 heteroatoms. The van der Waals surface area contributed by atoms with Crippen LogP contribution in [-0.4, -0.2) is 128 Å². The second-order valence-electron chi connectivity index (χ2n) is 26.7. The maximum Gasteiger partial charge on any atom is 0.305 e. The van der Waals surface area contributed by atoms with Gasteiger partial charge in [0.05, 0.1) is 30.1 Å². The average molecular weight is 1280 g/mol. The van der Waals surface area contributed by atoms with Gasteiger partial charge in [-0.05, 0) is 118 Å². The molecule has 0 unspecified atom stereocenters. The van der Waals surface area contributed by atoms with Gasteiger partial charge in [0.2, 0.25) is 47.3 Å². The molecule has 0 aliphatic rings. The molecule has 3 aromatic rings. The summed E-state index contributed by atoms with van der Waals surface area (Å²) in [5.74, 6) is -6.22. The van der Waals surface area contributed by atoms with E-state index in [0.717, 1.165) is 16.7 Å². The van der Waals surface area contributed by atoms with E-state index in [1.165, 1.54) is 0 Å². The topological polar surface area (TPSA) is 348 Å². The number of amides is 8. The molecule has 9 atom stereocenters. The Hall–Kier alpha value is -7.23. The van der Waals surface area contributed by atoms with Crippen molar-refractivity contribution >= 4 is 53.2 Å². The minimum atomic E-state index is -1.04. The van der Waals surface area contributed by atoms with Crippen LogP contribution in [0.1, 0.15) is 162 Å². The zero-order chi connectivity index (χ0) is 68.0. The molecule has 0 fully saturated rings. The Labute approximate surface area is 548 Å². The summed E-state index contributed by atoms with van der Waals surface area (Å²) in [6.07, 6.45) is 5.61. The number of benzene rings is 3. The fraction of sp³-hybridized carbons (Fsp3) is 0.620. The predicted octanol–water partition coefficient (Wildman–Crippen LogP) is 6.00. The van der Waals surface area contributed by atoms with Crippen molar-refractivity contribution in [1.29, 1.82) is 0 Å². The molecule has 3 rings (SSSR count). The molecule has 0 aromatic heterocycles. The minimum Gasteiger partial charge on any atom is -0.481 e. The third kappa shape index (κ3) is 34.4. The van der Waals surface area contributed by atoms with E-state index < -0.39 is 59.9 Å². The van der Waals surface area contributed by atoms with Gasteiger partial charge >= 0.3 is 5.97 Å². The molecule has 0 spiro atoms. The molecule has 0 aliphatic heterocycles. The van der Waals surface area contributed by atoms with Crippen molar-refractivity contribution in [3.05, 3.63) is 108 Å². The van der Waals surface area contributed by atoms with Crippen LogP contribution < -0.4 is 59.7 Å². The molecule has 0 saturated heterocycles. The lowest BCUT2D eigenvalue weighted by molar-refractivity contribution is -0.138. The van der Waals surface area contributed by atoms with Crippen LogP contribution in [0.15, 0.2) is 91.0 Å². The number of nitrogens with two attached hydrogens (primary N) is 3. The van der Waals surface area contributed by atoms with Crippen LogP contribution in [0, 0.1) is 47.3 Å². The summed E-state index contributed by atoms with van der Waals surface area (Å²) in [4.78, 5) is 123. The normalized spacial score (nSPS) is 14.4. The van der Waals surface area contributed by atoms with Gasteiger partial charge in [-0.25, -0.2) is 0 Å². The Morgan fingerprint density at radius 1 is 0.391 bits per heavy atom. The van der Waals surface area contributed by atoms with Crippen molar-refractivity contribution < 1.29 is 48.3 Å². The van der Waals surface area contributed by atoms with Gasteiger partial charge in [-0.15, -0.1) is 0 Å². The summed E-state index contributed by atoms with van der Waals surface area (Å²) >= 11 is 0. The van der Waals surface area contributed by atoms with E-state index in [1.54, 1.807) is 0 Å². The van der Waals surface area contributed by atoms with Gasteiger partial charge in [-0.3, -0.25) is 43.2 Å². The fourth-order valence-electron chi connectivity index (χ4n) is 11.5. The van der Waals surface area contributed by atoms with E-state index in [-0.39, 0.29) is 129 Å². The summed E-state index contributed by atoms with van der Waals surface area (Å²) in [5, 5.41) is 33.7. The highest BCUT2D eigenvalue weighted by molar-refractivity contribution is 5.86. The molecular weight excluding hydrogens is 1170 g/mol. The monoisotopic (exact) mass is 1280 g/mol. The second kappa shape index (κ2) is 44.3. The smallest absolute Gasteiger partial charge is 0.305 e. The Kier molecular flexibility index (Phi) is 38.1. The van der Waals surface area contributed by atoms with Gasteiger partial charge in [-0.2, -0.15) is 0 Å². The van der Waals surface area contributed by atoms with E-state index in [9.17, 15) is 48.3 Å². The van der Waals surface area contributed by atoms with E-state index in [4.69, 9.17) is 17.2 Å². The molecule has 0 bridgehead atoms. The molecule has 0 saturated carbocycles. The summed E-state index contributed by atoms with van der Waals surface area (Å²) in [5.41, 5.74) is 20.9. The van der Waals surface area contributed by atoms with Crippen LogP contribution in [0.5, 0.6) is 0 Å². The van der Waals surface area contributed by atoms with Crippen LogP contribution in [0.2, 0.25) is 0 Å². The molecule has 3 aromatic carbocycles. The Balaban J connectivity index is 1.68. The third-order valence-electron chi connectivity index (χ3n) is 16.2. The SMILES string of the molecule is CC(C)C[C@@H](CNC(=O)C[C@H](CCCCN)NC(=O)[C@H](CNC(=O)C[C@H](CCCCN)NC(=O)[C@H](CNC(=O)C[C@H](Cc1ccccc1)NC(=O)[C@H](CNC(=O)C[C@@H](N)Cc1ccccc1)C(C)C)CC(C)C)CC(C)C)C(=O)N[C@H](CC(=O)O)Cc1ccccc1. The number of hydrogen-bond acceptors (Lipinski definition) is 12. The number of unbranched alkanes of at least 4 members (excludes halogenated alkanes) is 2. The second-order valence-corrected chi connectivity index (χ2v) is 26.7. The van der Waals surface area contributed by atoms with Gasteiger partial charge in [0.15, 0.2) is 0 Å². The molecule has 0 aliphatic carbocycles. The van der Waals surface area contributed by atoms with E-state index in [2.05, 4.69) is 42.5 Å². The number of rotatable bonds is 47. The first-order chi connectivity index (χ1) is 43.8. The number of nitrogens with one attached hydrogen (secondary N) is 8. The first kappa shape index (κ1) is 79.0. The summed E-state index contributed by atoms with van der Waals surface area (Å²) in [7, 11) is 0. The van der Waals surface area contributed by atoms with E-state index >= 15 is 0 Å². The van der Waals surface area contributed by atoms with Crippen LogP contribution in [-0.2, 0) is 62.4 Å². The summed E-state index contributed by atoms with van der Waals surface area (Å²) in [6, 6.07) is 25.7. The first-order valence-electron chi connectivity index (χ1n) is 33.6. The predicted molar refractivity (Wildman–Crippen MR) is 362 cm³/mol. The van der Waals surface area contributed by atoms with Gasteiger partial charge < -0.3 is 64.8 Å². The number of carboxylic acids is 1. The summed E-state index contributed by atoms with van der Waals surface area (Å²) in [6.45, 7) is 16.6. The lowest BCUT2D eigenvalue weighted by atomic mass is 9.93. The molecule has 8 amide bonds. The molecular formula is C71H113N11O10. The number of aliphatic carboxylic acids is 1. The average Bonchev–Trinajstić information content (AvgIpc) is 3.14. The van der Waals surface area contributed by atoms with E-state index in [0.29, 0.717) is 90.1 Å². The quantitative estimate of drug-likeness (QED) is 0.0289. The highest BCUT2D eigenvalue weighted by Gasteiger charge is 2.31. The van der Waals surface area contributed by atoms with E-state index in [1.807, 2.05) is 146 Å². The standard InChI is InChI=1S/C71H113N11O10/c1-47(2)32-54(68(89)79-59(29-19-21-31-73)40-65(85)76-45-56(34-49(5)6)70(91)81-61(42-67(87)88)37-53-26-16-11-17-27-53)43-75-64(84)39-58(28-18-20-30-72)80-69(90)55(33-48(3)4)44-77-66(86)41-60(36-52-24-14-10-15-25-52)82-71(92)62(50(7)8)46-78-63(83)38-57(74)35-51-22-12-9-13-23-51/h9-17,22-27,47-50,54-62H,18-21,28-46,72-74H2,1-8H3,(H,75,84)(H,76,85)(H,77,86)(H,78,83)(H,79,89)(H,80,90)(H,81,91)(H,82,92)(H,87,88)/t54-,55-,56-,57-,58-,59-,60-,61-,62+/m0/s1. The van der Waals surface area contributed by atoms with Gasteiger partial charge in [-0.1, -0.05) is 159 Å². The Morgan fingerprint density at radius 2 is 0.707 bits per heavy atom. The van der Waals surface area contributed by atoms with Crippen LogP contribution in [0.4, 0.5) is 0 Å². The third-order valence-corrected chi connectivity index (χ3v) is 16.2. The zero-order valence-corrected chi connectivity index (χ0v) is 56.3. The molecule has 512 valence electrons. The maximum atomic E-state index is 14.3. The van der Waals surface area contributed by atoms with Crippen molar-refractivity contribution in [2.24, 2.45) is 64.5 Å². The lowest BCUT2D eigenvalue weighted by Crippen LogP contribution is -2.48. The number of carbonyl (C=O) groups is 9. The lowest BCUT2D eigenvalue weighted by Gasteiger charge is -2.26. The number of carboxylic acid groups (broad SMARTS) is 1. The van der Waals surface area contributed by atoms with Crippen molar-refractivity contribution in [3.63, 3.8) is 0 Å². The van der Waals surface area contributed by atoms with Gasteiger partial charge in [0.25, 0.3) is 0 Å². The van der Waals surface area contributed by atoms with Gasteiger partial charge in [0.1, 0.15) is 0 Å². The highest BCUT2D eigenvalue weighted by Crippen LogP contribution is 2.20. The molecule has 92 heavy (non-hydrogen) atoms. The molecule has 0 radical (unpaired) electrons. The van der Waals surface area contributed by atoms with Crippen LogP contribution in [0.25, 0.3) is 0 Å². The van der Waals surface area contributed by atoms with Crippen LogP contribution in [0.3, 0.4) is 0 Å². The molecule has 0 heterocycles. The molecule has 21 nitrogen and oxygen atoms in total. The summed E-state index contributed by atoms with van der Waals surface area (Å²) < 4.78 is 0. The van der Waals surface area contributed by atoms with Crippen molar-refractivity contribution in [3.8, 4) is 0 Å². The highest BCUT2D eigenvalue weighted by atomic mass is 16.4. The first-order valence-corrected chi connectivity index (χ1v) is 33.6. The van der Waals surface area contributed by atoms with Crippen molar-refractivity contribution in [2.75, 3.05) is 39.3 Å². The Morgan fingerprint density at radius 3 is 1.05 bits per heavy atom. The van der Waals surface area contributed by atoms with Gasteiger partial charge in [0, 0.05) is 82.1 Å². The Bertz CT molecular complexity index is 2660. The van der Waals surface area contributed by atoms with Crippen molar-refractivity contribution in [2.45, 2.75) is 195 Å². The number of carbonyl (C=O) groups excluding carboxylic acids is 8. The maximum absolute atomic E-state index is 14.3. The largest absolute Gasteiger partial charge is 0.481 e. The van der Waals surface area contributed by atoms with Crippen LogP contribution >= 0.6 is 0 Å². The fourth-order valence-corrected chi connectivity index (χ4v) is 11.5. The minimum absolute atomic E-state index is 0.000330. The zero-order valence-electron chi connectivity index (χ0n) is 56.3. The molecule has 15 N–H and O–H groups in total. The van der Waals surface area contributed by atoms with Crippen molar-refractivity contribution in [1.82, 2.24) is 42.5 Å². The number of hydrogen-bond donors (Lipinski definition) is 12.